The predicted octanol–water partition coefficient (Wildman–Crippen LogP) is 2.46. The Morgan fingerprint density at radius 1 is 1.00 bits per heavy atom. The van der Waals surface area contributed by atoms with E-state index in [1.54, 1.807) is 31.2 Å². The molecule has 9 heteroatoms. The Hall–Kier alpha value is -2.91. The molecular formula is C18H19N3O5S. The second-order valence-electron chi connectivity index (χ2n) is 5.64. The van der Waals surface area contributed by atoms with Crippen LogP contribution in [0.4, 0.5) is 0 Å². The van der Waals surface area contributed by atoms with Crippen LogP contribution < -0.4 is 14.2 Å². The van der Waals surface area contributed by atoms with Crippen molar-refractivity contribution in [1.82, 2.24) is 14.9 Å². The molecule has 1 unspecified atom stereocenters. The molecule has 1 heterocycles. The van der Waals surface area contributed by atoms with E-state index in [1.165, 1.54) is 32.4 Å². The standard InChI is InChI=1S/C18H19N3O5S/c1-12-19-20-18(26-12)17(13-7-5-4-6-8-13)21-27(22,23)14-9-10-15(24-2)16(11-14)25-3/h4-11,17,21H,1-3H3. The van der Waals surface area contributed by atoms with Gasteiger partial charge in [0.2, 0.25) is 21.8 Å². The lowest BCUT2D eigenvalue weighted by atomic mass is 10.1. The monoisotopic (exact) mass is 389 g/mol. The first-order valence-corrected chi connectivity index (χ1v) is 9.52. The Balaban J connectivity index is 2.00. The maximum absolute atomic E-state index is 13.0. The zero-order chi connectivity index (χ0) is 19.4. The van der Waals surface area contributed by atoms with E-state index in [1.807, 2.05) is 6.07 Å². The number of aryl methyl sites for hydroxylation is 1. The molecule has 27 heavy (non-hydrogen) atoms. The molecule has 3 aromatic rings. The lowest BCUT2D eigenvalue weighted by Gasteiger charge is -2.17. The first-order chi connectivity index (χ1) is 12.9. The number of hydrogen-bond donors (Lipinski definition) is 1. The molecule has 0 aliphatic heterocycles. The largest absolute Gasteiger partial charge is 0.493 e. The Bertz CT molecular complexity index is 1020. The average molecular weight is 389 g/mol. The number of sulfonamides is 1. The number of methoxy groups -OCH3 is 2. The number of aromatic nitrogens is 2. The van der Waals surface area contributed by atoms with Crippen LogP contribution in [-0.2, 0) is 10.0 Å². The molecule has 0 fully saturated rings. The van der Waals surface area contributed by atoms with Crippen molar-refractivity contribution in [1.29, 1.82) is 0 Å². The molecule has 1 N–H and O–H groups in total. The van der Waals surface area contributed by atoms with Gasteiger partial charge in [-0.15, -0.1) is 10.2 Å². The fourth-order valence-electron chi connectivity index (χ4n) is 2.54. The fourth-order valence-corrected chi connectivity index (χ4v) is 3.73. The van der Waals surface area contributed by atoms with E-state index in [2.05, 4.69) is 14.9 Å². The van der Waals surface area contributed by atoms with Crippen LogP contribution in [0.3, 0.4) is 0 Å². The summed E-state index contributed by atoms with van der Waals surface area (Å²) in [5.41, 5.74) is 0.671. The molecule has 0 saturated heterocycles. The molecule has 1 atom stereocenters. The van der Waals surface area contributed by atoms with Crippen LogP contribution in [0, 0.1) is 6.92 Å². The van der Waals surface area contributed by atoms with Gasteiger partial charge < -0.3 is 13.9 Å². The number of rotatable bonds is 7. The van der Waals surface area contributed by atoms with Crippen LogP contribution in [0.2, 0.25) is 0 Å². The normalized spacial score (nSPS) is 12.6. The summed E-state index contributed by atoms with van der Waals surface area (Å²) in [5, 5.41) is 7.77. The van der Waals surface area contributed by atoms with E-state index in [0.29, 0.717) is 23.0 Å². The van der Waals surface area contributed by atoms with E-state index < -0.39 is 16.1 Å². The molecule has 1 aromatic heterocycles. The van der Waals surface area contributed by atoms with Crippen LogP contribution in [0.15, 0.2) is 57.8 Å². The zero-order valence-electron chi connectivity index (χ0n) is 15.0. The van der Waals surface area contributed by atoms with Gasteiger partial charge in [-0.1, -0.05) is 30.3 Å². The van der Waals surface area contributed by atoms with Crippen LogP contribution >= 0.6 is 0 Å². The fraction of sp³-hybridized carbons (Fsp3) is 0.222. The van der Waals surface area contributed by atoms with Crippen LogP contribution in [-0.4, -0.2) is 32.8 Å². The highest BCUT2D eigenvalue weighted by Crippen LogP contribution is 2.30. The van der Waals surface area contributed by atoms with Crippen molar-refractivity contribution < 1.29 is 22.3 Å². The number of benzene rings is 2. The van der Waals surface area contributed by atoms with Crippen molar-refractivity contribution in [3.8, 4) is 11.5 Å². The number of nitrogens with one attached hydrogen (secondary N) is 1. The topological polar surface area (TPSA) is 104 Å². The number of ether oxygens (including phenoxy) is 2. The summed E-state index contributed by atoms with van der Waals surface area (Å²) in [7, 11) is -0.998. The quantitative estimate of drug-likeness (QED) is 0.662. The van der Waals surface area contributed by atoms with Crippen LogP contribution in [0.1, 0.15) is 23.4 Å². The molecule has 0 saturated carbocycles. The molecule has 2 aromatic carbocycles. The predicted molar refractivity (Wildman–Crippen MR) is 97.2 cm³/mol. The number of hydrogen-bond acceptors (Lipinski definition) is 7. The lowest BCUT2D eigenvalue weighted by Crippen LogP contribution is -2.29. The highest BCUT2D eigenvalue weighted by Gasteiger charge is 2.27. The first kappa shape index (κ1) is 18.9. The Labute approximate surface area is 157 Å². The minimum absolute atomic E-state index is 0.0253. The van der Waals surface area contributed by atoms with Crippen molar-refractivity contribution >= 4 is 10.0 Å². The zero-order valence-corrected chi connectivity index (χ0v) is 15.9. The van der Waals surface area contributed by atoms with Gasteiger partial charge in [-0.05, 0) is 17.7 Å². The van der Waals surface area contributed by atoms with Gasteiger partial charge in [0.15, 0.2) is 11.5 Å². The van der Waals surface area contributed by atoms with E-state index in [-0.39, 0.29) is 10.8 Å². The summed E-state index contributed by atoms with van der Waals surface area (Å²) in [6.07, 6.45) is 0. The van der Waals surface area contributed by atoms with Gasteiger partial charge in [0.05, 0.1) is 19.1 Å². The van der Waals surface area contributed by atoms with E-state index in [0.717, 1.165) is 0 Å². The van der Waals surface area contributed by atoms with E-state index in [4.69, 9.17) is 13.9 Å². The Kier molecular flexibility index (Phi) is 5.43. The Morgan fingerprint density at radius 2 is 1.70 bits per heavy atom. The summed E-state index contributed by atoms with van der Waals surface area (Å²) in [6, 6.07) is 12.5. The molecule has 0 bridgehead atoms. The SMILES string of the molecule is COc1ccc(S(=O)(=O)NC(c2ccccc2)c2nnc(C)o2)cc1OC. The summed E-state index contributed by atoms with van der Waals surface area (Å²) < 4.78 is 44.4. The van der Waals surface area contributed by atoms with Crippen molar-refractivity contribution in [2.75, 3.05) is 14.2 Å². The highest BCUT2D eigenvalue weighted by molar-refractivity contribution is 7.89. The lowest BCUT2D eigenvalue weighted by molar-refractivity contribution is 0.354. The van der Waals surface area contributed by atoms with Crippen LogP contribution in [0.25, 0.3) is 0 Å². The summed E-state index contributed by atoms with van der Waals surface area (Å²) in [4.78, 5) is 0.0253. The molecule has 3 rings (SSSR count). The molecule has 8 nitrogen and oxygen atoms in total. The average Bonchev–Trinajstić information content (AvgIpc) is 3.12. The van der Waals surface area contributed by atoms with Gasteiger partial charge in [0.25, 0.3) is 0 Å². The molecule has 0 radical (unpaired) electrons. The van der Waals surface area contributed by atoms with Crippen molar-refractivity contribution in [2.45, 2.75) is 17.9 Å². The molecule has 0 aliphatic rings. The summed E-state index contributed by atoms with van der Waals surface area (Å²) in [5.74, 6) is 1.24. The van der Waals surface area contributed by atoms with Gasteiger partial charge >= 0.3 is 0 Å². The number of nitrogens with zero attached hydrogens (tertiary/aromatic N) is 2. The molecular weight excluding hydrogens is 370 g/mol. The minimum atomic E-state index is -3.92. The second-order valence-corrected chi connectivity index (χ2v) is 7.36. The third-order valence-corrected chi connectivity index (χ3v) is 5.28. The van der Waals surface area contributed by atoms with Gasteiger partial charge in [0, 0.05) is 13.0 Å². The third kappa shape index (κ3) is 4.09. The second kappa shape index (κ2) is 7.77. The minimum Gasteiger partial charge on any atom is -0.493 e. The van der Waals surface area contributed by atoms with Gasteiger partial charge in [0.1, 0.15) is 6.04 Å². The smallest absolute Gasteiger partial charge is 0.241 e. The summed E-state index contributed by atoms with van der Waals surface area (Å²) in [6.45, 7) is 1.64. The van der Waals surface area contributed by atoms with Gasteiger partial charge in [-0.3, -0.25) is 0 Å². The molecule has 0 aliphatic carbocycles. The molecule has 0 spiro atoms. The Morgan fingerprint density at radius 3 is 2.30 bits per heavy atom. The molecule has 0 amide bonds. The first-order valence-electron chi connectivity index (χ1n) is 8.04. The maximum atomic E-state index is 13.0. The maximum Gasteiger partial charge on any atom is 0.241 e. The van der Waals surface area contributed by atoms with E-state index in [9.17, 15) is 8.42 Å². The summed E-state index contributed by atoms with van der Waals surface area (Å²) >= 11 is 0. The molecule has 142 valence electrons. The van der Waals surface area contributed by atoms with Crippen molar-refractivity contribution in [3.63, 3.8) is 0 Å². The van der Waals surface area contributed by atoms with Crippen molar-refractivity contribution in [3.05, 3.63) is 65.9 Å². The van der Waals surface area contributed by atoms with Gasteiger partial charge in [-0.2, -0.15) is 4.72 Å². The van der Waals surface area contributed by atoms with Crippen molar-refractivity contribution in [2.24, 2.45) is 0 Å². The third-order valence-electron chi connectivity index (χ3n) is 3.86. The van der Waals surface area contributed by atoms with Crippen LogP contribution in [0.5, 0.6) is 11.5 Å². The highest BCUT2D eigenvalue weighted by atomic mass is 32.2. The van der Waals surface area contributed by atoms with Gasteiger partial charge in [-0.25, -0.2) is 8.42 Å². The van der Waals surface area contributed by atoms with E-state index >= 15 is 0 Å².